The molecule has 0 aliphatic carbocycles. The summed E-state index contributed by atoms with van der Waals surface area (Å²) in [5.74, 6) is 0.0521. The van der Waals surface area contributed by atoms with Crippen LogP contribution in [0.2, 0.25) is 0 Å². The zero-order valence-corrected chi connectivity index (χ0v) is 11.0. The first kappa shape index (κ1) is 13.7. The van der Waals surface area contributed by atoms with Crippen molar-refractivity contribution < 1.29 is 14.3 Å². The molecule has 0 N–H and O–H groups in total. The van der Waals surface area contributed by atoms with Gasteiger partial charge < -0.3 is 9.64 Å². The van der Waals surface area contributed by atoms with Crippen LogP contribution in [0.15, 0.2) is 30.3 Å². The lowest BCUT2D eigenvalue weighted by Crippen LogP contribution is -2.52. The number of amides is 1. The summed E-state index contributed by atoms with van der Waals surface area (Å²) in [4.78, 5) is 24.4. The molecule has 1 aromatic carbocycles. The van der Waals surface area contributed by atoms with Gasteiger partial charge in [0.2, 0.25) is 0 Å². The molecule has 1 fully saturated rings. The second-order valence-electron chi connectivity index (χ2n) is 4.77. The van der Waals surface area contributed by atoms with Gasteiger partial charge in [0.05, 0.1) is 12.6 Å². The van der Waals surface area contributed by atoms with Crippen molar-refractivity contribution in [2.45, 2.75) is 31.9 Å². The lowest BCUT2D eigenvalue weighted by atomic mass is 9.99. The van der Waals surface area contributed by atoms with E-state index in [1.807, 2.05) is 43.7 Å². The fourth-order valence-electron chi connectivity index (χ4n) is 2.33. The van der Waals surface area contributed by atoms with Crippen molar-refractivity contribution in [3.05, 3.63) is 35.9 Å². The number of hydrogen-bond donors (Lipinski definition) is 0. The second kappa shape index (κ2) is 6.48. The van der Waals surface area contributed by atoms with E-state index >= 15 is 0 Å². The molecule has 0 aromatic heterocycles. The Labute approximate surface area is 113 Å². The molecular weight excluding hydrogens is 242 g/mol. The largest absolute Gasteiger partial charge is 0.366 e. The molecule has 2 rings (SSSR count). The van der Waals surface area contributed by atoms with Crippen LogP contribution in [0.4, 0.5) is 0 Å². The predicted molar refractivity (Wildman–Crippen MR) is 71.4 cm³/mol. The Morgan fingerprint density at radius 3 is 2.84 bits per heavy atom. The Morgan fingerprint density at radius 2 is 2.16 bits per heavy atom. The molecule has 1 aliphatic rings. The Bertz CT molecular complexity index is 432. The zero-order chi connectivity index (χ0) is 13.7. The highest BCUT2D eigenvalue weighted by Crippen LogP contribution is 2.15. The molecule has 0 bridgehead atoms. The molecule has 0 saturated carbocycles. The summed E-state index contributed by atoms with van der Waals surface area (Å²) in [6, 6.07) is 9.66. The van der Waals surface area contributed by atoms with Gasteiger partial charge in [-0.1, -0.05) is 30.3 Å². The lowest BCUT2D eigenvalue weighted by molar-refractivity contribution is -0.138. The molecule has 1 unspecified atom stereocenters. The van der Waals surface area contributed by atoms with Gasteiger partial charge in [-0.05, 0) is 18.9 Å². The lowest BCUT2D eigenvalue weighted by Gasteiger charge is -2.35. The van der Waals surface area contributed by atoms with Crippen LogP contribution in [-0.2, 0) is 20.7 Å². The molecule has 1 radical (unpaired) electrons. The third-order valence-corrected chi connectivity index (χ3v) is 3.50. The number of carbonyl (C=O) groups is 1. The molecule has 2 atom stereocenters. The van der Waals surface area contributed by atoms with Gasteiger partial charge >= 0.3 is 6.41 Å². The number of ether oxygens (including phenoxy) is 1. The zero-order valence-electron chi connectivity index (χ0n) is 11.0. The number of Topliss-reactive ketones (excluding diaryl/α,β-unsaturated/α-hetero) is 1. The van der Waals surface area contributed by atoms with E-state index in [9.17, 15) is 9.59 Å². The van der Waals surface area contributed by atoms with Crippen molar-refractivity contribution in [1.82, 2.24) is 4.90 Å². The highest BCUT2D eigenvalue weighted by atomic mass is 16.5. The third-order valence-electron chi connectivity index (χ3n) is 3.50. The minimum absolute atomic E-state index is 0.0521. The number of morpholine rings is 1. The number of rotatable bonds is 5. The van der Waals surface area contributed by atoms with Crippen LogP contribution < -0.4 is 0 Å². The van der Waals surface area contributed by atoms with E-state index in [-0.39, 0.29) is 11.8 Å². The highest BCUT2D eigenvalue weighted by Gasteiger charge is 2.33. The molecule has 101 valence electrons. The summed E-state index contributed by atoms with van der Waals surface area (Å²) in [5, 5.41) is 0. The monoisotopic (exact) mass is 260 g/mol. The molecule has 19 heavy (non-hydrogen) atoms. The number of nitrogens with zero attached hydrogens (tertiary/aromatic N) is 1. The molecule has 1 aromatic rings. The van der Waals surface area contributed by atoms with Gasteiger partial charge in [-0.2, -0.15) is 0 Å². The second-order valence-corrected chi connectivity index (χ2v) is 4.77. The number of carbonyl (C=O) groups excluding carboxylic acids is 2. The van der Waals surface area contributed by atoms with Gasteiger partial charge in [-0.25, -0.2) is 0 Å². The van der Waals surface area contributed by atoms with Crippen molar-refractivity contribution in [3.63, 3.8) is 0 Å². The average Bonchev–Trinajstić information content (AvgIpc) is 2.46. The van der Waals surface area contributed by atoms with Gasteiger partial charge in [0, 0.05) is 13.0 Å². The molecule has 4 heteroatoms. The van der Waals surface area contributed by atoms with E-state index in [0.29, 0.717) is 26.0 Å². The van der Waals surface area contributed by atoms with Crippen LogP contribution in [0.3, 0.4) is 0 Å². The van der Waals surface area contributed by atoms with Crippen LogP contribution in [0.25, 0.3) is 0 Å². The van der Waals surface area contributed by atoms with E-state index in [0.717, 1.165) is 5.56 Å². The number of hydrogen-bond acceptors (Lipinski definition) is 3. The third kappa shape index (κ3) is 3.41. The summed E-state index contributed by atoms with van der Waals surface area (Å²) >= 11 is 0. The van der Waals surface area contributed by atoms with Gasteiger partial charge in [0.1, 0.15) is 6.10 Å². The summed E-state index contributed by atoms with van der Waals surface area (Å²) in [7, 11) is 0. The van der Waals surface area contributed by atoms with Crippen molar-refractivity contribution in [2.75, 3.05) is 13.2 Å². The first-order valence-electron chi connectivity index (χ1n) is 6.55. The maximum absolute atomic E-state index is 12.2. The van der Waals surface area contributed by atoms with Crippen molar-refractivity contribution in [3.8, 4) is 0 Å². The van der Waals surface area contributed by atoms with Crippen LogP contribution >= 0.6 is 0 Å². The summed E-state index contributed by atoms with van der Waals surface area (Å²) in [5.41, 5.74) is 1.14. The van der Waals surface area contributed by atoms with Gasteiger partial charge in [-0.15, -0.1) is 0 Å². The Morgan fingerprint density at radius 1 is 1.42 bits per heavy atom. The van der Waals surface area contributed by atoms with Gasteiger partial charge in [0.15, 0.2) is 5.78 Å². The van der Waals surface area contributed by atoms with Crippen molar-refractivity contribution >= 4 is 12.2 Å². The Balaban J connectivity index is 1.90. The van der Waals surface area contributed by atoms with E-state index in [1.165, 1.54) is 4.90 Å². The fourth-order valence-corrected chi connectivity index (χ4v) is 2.33. The van der Waals surface area contributed by atoms with E-state index < -0.39 is 6.10 Å². The summed E-state index contributed by atoms with van der Waals surface area (Å²) < 4.78 is 5.50. The van der Waals surface area contributed by atoms with Crippen LogP contribution in [0, 0.1) is 0 Å². The number of benzene rings is 1. The maximum Gasteiger partial charge on any atom is 0.312 e. The Hall–Kier alpha value is -1.68. The van der Waals surface area contributed by atoms with Gasteiger partial charge in [0.25, 0.3) is 0 Å². The SMILES string of the molecule is CC1[C@H](C(=O)CCc2ccccc2)OCCN1[C]=O. The van der Waals surface area contributed by atoms with Crippen molar-refractivity contribution in [1.29, 1.82) is 0 Å². The molecule has 1 heterocycles. The molecular formula is C15H18NO3. The standard InChI is InChI=1S/C15H18NO3/c1-12-15(19-10-9-16(12)11-17)14(18)8-7-13-5-3-2-4-6-13/h2-6,12,15H,7-10H2,1H3/t12?,15-/m1/s1. The molecule has 4 nitrogen and oxygen atoms in total. The molecule has 0 spiro atoms. The van der Waals surface area contributed by atoms with Crippen molar-refractivity contribution in [2.24, 2.45) is 0 Å². The fraction of sp³-hybridized carbons (Fsp3) is 0.467. The number of aryl methyl sites for hydroxylation is 1. The topological polar surface area (TPSA) is 46.6 Å². The minimum Gasteiger partial charge on any atom is -0.366 e. The van der Waals surface area contributed by atoms with E-state index in [4.69, 9.17) is 4.74 Å². The van der Waals surface area contributed by atoms with Crippen LogP contribution in [0.5, 0.6) is 0 Å². The Kier molecular flexibility index (Phi) is 4.68. The molecule has 1 saturated heterocycles. The average molecular weight is 260 g/mol. The molecule has 1 aliphatic heterocycles. The van der Waals surface area contributed by atoms with E-state index in [2.05, 4.69) is 0 Å². The van der Waals surface area contributed by atoms with Crippen LogP contribution in [-0.4, -0.2) is 42.4 Å². The smallest absolute Gasteiger partial charge is 0.312 e. The number of ketones is 1. The molecule has 1 amide bonds. The van der Waals surface area contributed by atoms with Gasteiger partial charge in [-0.3, -0.25) is 9.59 Å². The minimum atomic E-state index is -0.515. The predicted octanol–water partition coefficient (Wildman–Crippen LogP) is 1.34. The quantitative estimate of drug-likeness (QED) is 0.802. The summed E-state index contributed by atoms with van der Waals surface area (Å²) in [6.07, 6.45) is 2.49. The normalized spacial score (nSPS) is 23.1. The summed E-state index contributed by atoms with van der Waals surface area (Å²) in [6.45, 7) is 2.74. The van der Waals surface area contributed by atoms with E-state index in [1.54, 1.807) is 0 Å². The highest BCUT2D eigenvalue weighted by molar-refractivity contribution is 5.84. The maximum atomic E-state index is 12.2. The first-order valence-corrected chi connectivity index (χ1v) is 6.55. The van der Waals surface area contributed by atoms with Crippen LogP contribution in [0.1, 0.15) is 18.9 Å². The first-order chi connectivity index (χ1) is 9.22.